The van der Waals surface area contributed by atoms with Gasteiger partial charge in [-0.25, -0.2) is 4.98 Å². The normalized spacial score (nSPS) is 15.3. The Kier molecular flexibility index (Phi) is 3.65. The molecule has 2 heterocycles. The molecule has 0 saturated heterocycles. The van der Waals surface area contributed by atoms with E-state index in [1.54, 1.807) is 6.33 Å². The molecule has 0 aliphatic heterocycles. The Morgan fingerprint density at radius 1 is 1.13 bits per heavy atom. The van der Waals surface area contributed by atoms with E-state index in [1.165, 1.54) is 12.8 Å². The lowest BCUT2D eigenvalue weighted by molar-refractivity contribution is 0.514. The molecule has 4 rings (SSSR count). The van der Waals surface area contributed by atoms with Crippen molar-refractivity contribution < 1.29 is 4.39 Å². The van der Waals surface area contributed by atoms with Gasteiger partial charge < -0.3 is 9.88 Å². The van der Waals surface area contributed by atoms with Gasteiger partial charge in [0.25, 0.3) is 0 Å². The van der Waals surface area contributed by atoms with Gasteiger partial charge in [0, 0.05) is 12.6 Å². The van der Waals surface area contributed by atoms with Gasteiger partial charge in [-0.2, -0.15) is 14.4 Å². The second-order valence-electron chi connectivity index (χ2n) is 5.94. The predicted molar refractivity (Wildman–Crippen MR) is 86.6 cm³/mol. The van der Waals surface area contributed by atoms with Crippen LogP contribution >= 0.6 is 0 Å². The Labute approximate surface area is 133 Å². The van der Waals surface area contributed by atoms with E-state index in [0.29, 0.717) is 29.6 Å². The Balaban J connectivity index is 1.66. The summed E-state index contributed by atoms with van der Waals surface area (Å²) < 4.78 is 15.9. The molecule has 0 unspecified atom stereocenters. The van der Waals surface area contributed by atoms with E-state index < -0.39 is 6.08 Å². The van der Waals surface area contributed by atoms with E-state index in [-0.39, 0.29) is 0 Å². The molecule has 23 heavy (non-hydrogen) atoms. The fourth-order valence-electron chi connectivity index (χ4n) is 3.24. The fourth-order valence-corrected chi connectivity index (χ4v) is 3.24. The van der Waals surface area contributed by atoms with Crippen LogP contribution in [0.4, 0.5) is 10.2 Å². The number of hydrogen-bond donors (Lipinski definition) is 1. The van der Waals surface area contributed by atoms with Crippen molar-refractivity contribution in [3.8, 4) is 0 Å². The Bertz CT molecular complexity index is 808. The maximum absolute atomic E-state index is 13.9. The highest BCUT2D eigenvalue weighted by atomic mass is 18.2. The molecule has 0 bridgehead atoms. The smallest absolute Gasteiger partial charge is 0.312 e. The minimum Gasteiger partial charge on any atom is -0.364 e. The summed E-state index contributed by atoms with van der Waals surface area (Å²) in [6.45, 7) is 0.572. The molecule has 0 atom stereocenters. The summed E-state index contributed by atoms with van der Waals surface area (Å²) in [5.41, 5.74) is 2.32. The van der Waals surface area contributed by atoms with Crippen molar-refractivity contribution in [2.75, 3.05) is 5.32 Å². The molecular formula is C17H18FN5. The van der Waals surface area contributed by atoms with Crippen molar-refractivity contribution >= 4 is 17.0 Å². The van der Waals surface area contributed by atoms with Crippen LogP contribution in [0.3, 0.4) is 0 Å². The van der Waals surface area contributed by atoms with Crippen molar-refractivity contribution in [2.24, 2.45) is 0 Å². The number of aromatic nitrogens is 4. The van der Waals surface area contributed by atoms with E-state index in [4.69, 9.17) is 0 Å². The van der Waals surface area contributed by atoms with Gasteiger partial charge in [0.15, 0.2) is 17.0 Å². The molecule has 1 aliphatic carbocycles. The molecule has 1 N–H and O–H groups in total. The highest BCUT2D eigenvalue weighted by Crippen LogP contribution is 2.32. The third-order valence-electron chi connectivity index (χ3n) is 4.42. The molecule has 2 aromatic heterocycles. The SMILES string of the molecule is [18F]c1nc(NCc2ccccc2)c2ncn(C3CCCC3)c2n1. The first-order valence-corrected chi connectivity index (χ1v) is 7.99. The number of nitrogens with zero attached hydrogens (tertiary/aromatic N) is 4. The van der Waals surface area contributed by atoms with Gasteiger partial charge in [-0.3, -0.25) is 0 Å². The quantitative estimate of drug-likeness (QED) is 0.747. The average molecular weight is 310 g/mol. The average Bonchev–Trinajstić information content (AvgIpc) is 3.22. The number of imidazole rings is 1. The van der Waals surface area contributed by atoms with Crippen LogP contribution in [0.2, 0.25) is 0 Å². The van der Waals surface area contributed by atoms with Crippen LogP contribution in [0.15, 0.2) is 36.7 Å². The van der Waals surface area contributed by atoms with Gasteiger partial charge in [0.05, 0.1) is 6.33 Å². The monoisotopic (exact) mass is 310 g/mol. The van der Waals surface area contributed by atoms with E-state index in [9.17, 15) is 4.39 Å². The molecule has 0 amide bonds. The lowest BCUT2D eigenvalue weighted by Gasteiger charge is -2.12. The van der Waals surface area contributed by atoms with Crippen LogP contribution in [-0.2, 0) is 6.54 Å². The topological polar surface area (TPSA) is 55.6 Å². The molecular weight excluding hydrogens is 292 g/mol. The molecule has 0 radical (unpaired) electrons. The number of nitrogens with one attached hydrogen (secondary N) is 1. The highest BCUT2D eigenvalue weighted by molar-refractivity contribution is 5.82. The number of anilines is 1. The lowest BCUT2D eigenvalue weighted by Crippen LogP contribution is -2.07. The Hall–Kier alpha value is -2.50. The molecule has 6 heteroatoms. The molecule has 3 aromatic rings. The van der Waals surface area contributed by atoms with Crippen molar-refractivity contribution in [3.05, 3.63) is 48.3 Å². The minimum atomic E-state index is -0.715. The van der Waals surface area contributed by atoms with Crippen LogP contribution in [0, 0.1) is 6.08 Å². The summed E-state index contributed by atoms with van der Waals surface area (Å²) in [7, 11) is 0. The van der Waals surface area contributed by atoms with Crippen LogP contribution in [-0.4, -0.2) is 19.5 Å². The molecule has 1 aliphatic rings. The van der Waals surface area contributed by atoms with Crippen LogP contribution in [0.25, 0.3) is 11.2 Å². The molecule has 118 valence electrons. The number of rotatable bonds is 4. The van der Waals surface area contributed by atoms with Gasteiger partial charge >= 0.3 is 6.08 Å². The number of benzene rings is 1. The fraction of sp³-hybridized carbons (Fsp3) is 0.353. The number of fused-ring (bicyclic) bond motifs is 1. The Morgan fingerprint density at radius 3 is 2.70 bits per heavy atom. The minimum absolute atomic E-state index is 0.372. The zero-order valence-electron chi connectivity index (χ0n) is 12.7. The predicted octanol–water partition coefficient (Wildman–Crippen LogP) is 3.69. The van der Waals surface area contributed by atoms with E-state index >= 15 is 0 Å². The molecule has 0 spiro atoms. The van der Waals surface area contributed by atoms with Crippen LogP contribution < -0.4 is 5.32 Å². The molecule has 1 fully saturated rings. The van der Waals surface area contributed by atoms with Gasteiger partial charge in [0.1, 0.15) is 0 Å². The van der Waals surface area contributed by atoms with Gasteiger partial charge in [0.2, 0.25) is 0 Å². The summed E-state index contributed by atoms with van der Waals surface area (Å²) in [5.74, 6) is 0.452. The van der Waals surface area contributed by atoms with Crippen LogP contribution in [0.1, 0.15) is 37.3 Å². The summed E-state index contributed by atoms with van der Waals surface area (Å²) in [6.07, 6.45) is 5.66. The van der Waals surface area contributed by atoms with Gasteiger partial charge in [-0.1, -0.05) is 43.2 Å². The van der Waals surface area contributed by atoms with Crippen molar-refractivity contribution in [1.82, 2.24) is 19.5 Å². The second-order valence-corrected chi connectivity index (χ2v) is 5.94. The van der Waals surface area contributed by atoms with Gasteiger partial charge in [-0.15, -0.1) is 0 Å². The maximum Gasteiger partial charge on any atom is 0.312 e. The van der Waals surface area contributed by atoms with Crippen molar-refractivity contribution in [1.29, 1.82) is 0 Å². The Morgan fingerprint density at radius 2 is 1.91 bits per heavy atom. The maximum atomic E-state index is 13.9. The third-order valence-corrected chi connectivity index (χ3v) is 4.42. The number of halogens is 1. The van der Waals surface area contributed by atoms with E-state index in [1.807, 2.05) is 34.9 Å². The first-order chi connectivity index (χ1) is 11.3. The lowest BCUT2D eigenvalue weighted by atomic mass is 10.2. The van der Waals surface area contributed by atoms with Crippen molar-refractivity contribution in [2.45, 2.75) is 38.3 Å². The third kappa shape index (κ3) is 2.76. The molecule has 1 aromatic carbocycles. The first kappa shape index (κ1) is 14.1. The van der Waals surface area contributed by atoms with Crippen molar-refractivity contribution in [3.63, 3.8) is 0 Å². The van der Waals surface area contributed by atoms with E-state index in [0.717, 1.165) is 18.4 Å². The van der Waals surface area contributed by atoms with E-state index in [2.05, 4.69) is 20.3 Å². The zero-order chi connectivity index (χ0) is 15.6. The van der Waals surface area contributed by atoms with Gasteiger partial charge in [-0.05, 0) is 18.4 Å². The zero-order valence-corrected chi connectivity index (χ0v) is 12.7. The summed E-state index contributed by atoms with van der Waals surface area (Å²) in [6, 6.07) is 10.3. The summed E-state index contributed by atoms with van der Waals surface area (Å²) >= 11 is 0. The second kappa shape index (κ2) is 5.95. The first-order valence-electron chi connectivity index (χ1n) is 7.99. The highest BCUT2D eigenvalue weighted by Gasteiger charge is 2.21. The van der Waals surface area contributed by atoms with Crippen LogP contribution in [0.5, 0.6) is 0 Å². The summed E-state index contributed by atoms with van der Waals surface area (Å²) in [5, 5.41) is 3.18. The molecule has 1 saturated carbocycles. The molecule has 5 nitrogen and oxygen atoms in total. The largest absolute Gasteiger partial charge is 0.364 e. The standard InChI is InChI=1S/C17H18FN5/c18-17-21-15(19-10-12-6-2-1-3-7-12)14-16(22-17)23(11-20-14)13-8-4-5-9-13/h1-3,6-7,11,13H,4-5,8-10H2,(H,19,21,22)/i18-1. The number of hydrogen-bond acceptors (Lipinski definition) is 4. The summed E-state index contributed by atoms with van der Waals surface area (Å²) in [4.78, 5) is 12.3.